The van der Waals surface area contributed by atoms with E-state index in [2.05, 4.69) is 9.89 Å². The predicted molar refractivity (Wildman–Crippen MR) is 119 cm³/mol. The van der Waals surface area contributed by atoms with E-state index in [0.29, 0.717) is 35.7 Å². The van der Waals surface area contributed by atoms with Crippen molar-refractivity contribution in [2.75, 3.05) is 50.9 Å². The van der Waals surface area contributed by atoms with E-state index < -0.39 is 5.92 Å². The topological polar surface area (TPSA) is 71.4 Å². The number of morpholine rings is 1. The van der Waals surface area contributed by atoms with Gasteiger partial charge in [-0.2, -0.15) is 0 Å². The minimum absolute atomic E-state index is 0.289. The van der Waals surface area contributed by atoms with Crippen molar-refractivity contribution in [3.63, 3.8) is 0 Å². The summed E-state index contributed by atoms with van der Waals surface area (Å²) in [7, 11) is 0. The van der Waals surface area contributed by atoms with Crippen molar-refractivity contribution in [1.29, 1.82) is 0 Å². The van der Waals surface area contributed by atoms with Gasteiger partial charge in [-0.3, -0.25) is 19.5 Å². The Balaban J connectivity index is 1.55. The van der Waals surface area contributed by atoms with Crippen LogP contribution in [0.25, 0.3) is 0 Å². The first kappa shape index (κ1) is 21.2. The van der Waals surface area contributed by atoms with Crippen molar-refractivity contribution in [2.45, 2.75) is 12.8 Å². The highest BCUT2D eigenvalue weighted by molar-refractivity contribution is 6.29. The molecule has 0 N–H and O–H groups in total. The number of hydrogen-bond acceptors (Lipinski definition) is 6. The largest absolute Gasteiger partial charge is 0.494 e. The maximum atomic E-state index is 13.4. The molecular formula is C24H27N3O4. The summed E-state index contributed by atoms with van der Waals surface area (Å²) in [6, 6.07) is 14.3. The molecule has 1 atom stereocenters. The molecule has 0 spiro atoms. The molecule has 4 rings (SSSR count). The summed E-state index contributed by atoms with van der Waals surface area (Å²) in [6.45, 7) is 7.19. The number of aliphatic imine (C=N–C) groups is 1. The Kier molecular flexibility index (Phi) is 6.74. The summed E-state index contributed by atoms with van der Waals surface area (Å²) >= 11 is 0. The SMILES string of the molecule is CCOc1ccc(N2C(=O)c3ccccc3[C@@H](C=NCCN3CCOCC3)C2=O)cc1. The summed E-state index contributed by atoms with van der Waals surface area (Å²) in [6.07, 6.45) is 1.69. The summed E-state index contributed by atoms with van der Waals surface area (Å²) in [4.78, 5) is 34.6. The Bertz CT molecular complexity index is 952. The van der Waals surface area contributed by atoms with E-state index in [4.69, 9.17) is 9.47 Å². The lowest BCUT2D eigenvalue weighted by molar-refractivity contribution is -0.118. The lowest BCUT2D eigenvalue weighted by Gasteiger charge is -2.31. The minimum atomic E-state index is -0.592. The van der Waals surface area contributed by atoms with E-state index in [1.165, 1.54) is 4.90 Å². The predicted octanol–water partition coefficient (Wildman–Crippen LogP) is 2.76. The molecular weight excluding hydrogens is 394 g/mol. The molecule has 2 aromatic carbocycles. The van der Waals surface area contributed by atoms with Crippen LogP contribution in [0.5, 0.6) is 5.75 Å². The number of nitrogens with zero attached hydrogens (tertiary/aromatic N) is 3. The second-order valence-electron chi connectivity index (χ2n) is 7.48. The van der Waals surface area contributed by atoms with Crippen molar-refractivity contribution in [3.8, 4) is 5.75 Å². The third kappa shape index (κ3) is 4.68. The zero-order chi connectivity index (χ0) is 21.6. The van der Waals surface area contributed by atoms with E-state index in [1.807, 2.05) is 25.1 Å². The van der Waals surface area contributed by atoms with Crippen molar-refractivity contribution < 1.29 is 19.1 Å². The van der Waals surface area contributed by atoms with E-state index in [-0.39, 0.29) is 11.8 Å². The first-order valence-corrected chi connectivity index (χ1v) is 10.7. The smallest absolute Gasteiger partial charge is 0.265 e. The Morgan fingerprint density at radius 2 is 1.84 bits per heavy atom. The van der Waals surface area contributed by atoms with Crippen molar-refractivity contribution in [1.82, 2.24) is 4.90 Å². The van der Waals surface area contributed by atoms with Crippen molar-refractivity contribution in [3.05, 3.63) is 59.7 Å². The van der Waals surface area contributed by atoms with Crippen LogP contribution in [0.3, 0.4) is 0 Å². The van der Waals surface area contributed by atoms with Crippen LogP contribution in [0.15, 0.2) is 53.5 Å². The first-order chi connectivity index (χ1) is 15.2. The van der Waals surface area contributed by atoms with Gasteiger partial charge in [0.15, 0.2) is 0 Å². The average Bonchev–Trinajstić information content (AvgIpc) is 2.80. The van der Waals surface area contributed by atoms with Gasteiger partial charge in [0.25, 0.3) is 5.91 Å². The maximum Gasteiger partial charge on any atom is 0.265 e. The summed E-state index contributed by atoms with van der Waals surface area (Å²) in [5, 5.41) is 0. The second-order valence-corrected chi connectivity index (χ2v) is 7.48. The fourth-order valence-electron chi connectivity index (χ4n) is 3.91. The van der Waals surface area contributed by atoms with Gasteiger partial charge in [-0.05, 0) is 42.8 Å². The Labute approximate surface area is 182 Å². The number of carbonyl (C=O) groups excluding carboxylic acids is 2. The number of amides is 2. The number of imide groups is 1. The standard InChI is InChI=1S/C24H27N3O4/c1-2-31-19-9-7-18(8-10-19)27-23(28)21-6-4-3-5-20(21)22(24(27)29)17-25-11-12-26-13-15-30-16-14-26/h3-10,17,22H,2,11-16H2,1H3/t22-/m1/s1. The van der Waals surface area contributed by atoms with E-state index in [9.17, 15) is 9.59 Å². The molecule has 7 nitrogen and oxygen atoms in total. The van der Waals surface area contributed by atoms with Crippen molar-refractivity contribution in [2.24, 2.45) is 4.99 Å². The normalized spacial score (nSPS) is 19.6. The van der Waals surface area contributed by atoms with E-state index in [0.717, 1.165) is 32.8 Å². The molecule has 31 heavy (non-hydrogen) atoms. The molecule has 1 saturated heterocycles. The van der Waals surface area contributed by atoms with E-state index in [1.54, 1.807) is 36.5 Å². The Morgan fingerprint density at radius 3 is 2.58 bits per heavy atom. The Hall–Kier alpha value is -3.03. The number of anilines is 1. The summed E-state index contributed by atoms with van der Waals surface area (Å²) in [5.74, 6) is -0.499. The van der Waals surface area contributed by atoms with Crippen LogP contribution in [0.2, 0.25) is 0 Å². The van der Waals surface area contributed by atoms with Gasteiger partial charge in [0.2, 0.25) is 5.91 Å². The maximum absolute atomic E-state index is 13.4. The van der Waals surface area contributed by atoms with Crippen LogP contribution >= 0.6 is 0 Å². The molecule has 0 aliphatic carbocycles. The number of rotatable bonds is 7. The zero-order valence-electron chi connectivity index (χ0n) is 17.7. The second kappa shape index (κ2) is 9.85. The first-order valence-electron chi connectivity index (χ1n) is 10.7. The molecule has 2 heterocycles. The van der Waals surface area contributed by atoms with Crippen molar-refractivity contribution >= 4 is 23.7 Å². The molecule has 7 heteroatoms. The average molecular weight is 421 g/mol. The number of fused-ring (bicyclic) bond motifs is 1. The van der Waals surface area contributed by atoms with Gasteiger partial charge in [-0.1, -0.05) is 18.2 Å². The number of ether oxygens (including phenoxy) is 2. The quantitative estimate of drug-likeness (QED) is 0.508. The molecule has 2 aliphatic heterocycles. The fourth-order valence-corrected chi connectivity index (χ4v) is 3.91. The van der Waals surface area contributed by atoms with E-state index >= 15 is 0 Å². The molecule has 162 valence electrons. The molecule has 0 bridgehead atoms. The third-order valence-electron chi connectivity index (χ3n) is 5.53. The number of carbonyl (C=O) groups is 2. The van der Waals surface area contributed by atoms with Gasteiger partial charge in [0.05, 0.1) is 38.0 Å². The third-order valence-corrected chi connectivity index (χ3v) is 5.53. The highest BCUT2D eigenvalue weighted by Gasteiger charge is 2.38. The minimum Gasteiger partial charge on any atom is -0.494 e. The highest BCUT2D eigenvalue weighted by atomic mass is 16.5. The lowest BCUT2D eigenvalue weighted by Crippen LogP contribution is -2.45. The highest BCUT2D eigenvalue weighted by Crippen LogP contribution is 2.32. The van der Waals surface area contributed by atoms with Crippen LogP contribution in [0, 0.1) is 0 Å². The number of benzene rings is 2. The summed E-state index contributed by atoms with van der Waals surface area (Å²) < 4.78 is 10.8. The van der Waals surface area contributed by atoms with Crippen LogP contribution in [-0.2, 0) is 9.53 Å². The van der Waals surface area contributed by atoms with Gasteiger partial charge in [0, 0.05) is 31.4 Å². The van der Waals surface area contributed by atoms with Crippen LogP contribution in [-0.4, -0.2) is 68.9 Å². The van der Waals surface area contributed by atoms with Gasteiger partial charge in [-0.25, -0.2) is 4.90 Å². The van der Waals surface area contributed by atoms with Gasteiger partial charge < -0.3 is 9.47 Å². The van der Waals surface area contributed by atoms with Gasteiger partial charge in [-0.15, -0.1) is 0 Å². The van der Waals surface area contributed by atoms with Crippen LogP contribution in [0.1, 0.15) is 28.8 Å². The van der Waals surface area contributed by atoms with Gasteiger partial charge >= 0.3 is 0 Å². The zero-order valence-corrected chi connectivity index (χ0v) is 17.7. The lowest BCUT2D eigenvalue weighted by atomic mass is 9.89. The molecule has 0 saturated carbocycles. The monoisotopic (exact) mass is 421 g/mol. The molecule has 0 radical (unpaired) electrons. The van der Waals surface area contributed by atoms with Gasteiger partial charge in [0.1, 0.15) is 5.75 Å². The Morgan fingerprint density at radius 1 is 1.10 bits per heavy atom. The van der Waals surface area contributed by atoms with Crippen LogP contribution in [0.4, 0.5) is 5.69 Å². The molecule has 0 aromatic heterocycles. The summed E-state index contributed by atoms with van der Waals surface area (Å²) in [5.41, 5.74) is 1.76. The molecule has 2 aromatic rings. The molecule has 0 unspecified atom stereocenters. The molecule has 1 fully saturated rings. The fraction of sp³-hybridized carbons (Fsp3) is 0.375. The molecule has 2 aliphatic rings. The number of hydrogen-bond donors (Lipinski definition) is 0. The van der Waals surface area contributed by atoms with Crippen LogP contribution < -0.4 is 9.64 Å². The molecule has 2 amide bonds.